The normalized spacial score (nSPS) is 14.5. The van der Waals surface area contributed by atoms with E-state index in [1.54, 1.807) is 18.4 Å². The van der Waals surface area contributed by atoms with Crippen LogP contribution in [0.25, 0.3) is 0 Å². The highest BCUT2D eigenvalue weighted by Crippen LogP contribution is 2.28. The van der Waals surface area contributed by atoms with Crippen molar-refractivity contribution in [2.24, 2.45) is 0 Å². The van der Waals surface area contributed by atoms with Gasteiger partial charge in [0.1, 0.15) is 11.5 Å². The Morgan fingerprint density at radius 3 is 2.37 bits per heavy atom. The van der Waals surface area contributed by atoms with Crippen LogP contribution < -0.4 is 9.64 Å². The van der Waals surface area contributed by atoms with Crippen molar-refractivity contribution in [3.63, 3.8) is 0 Å². The summed E-state index contributed by atoms with van der Waals surface area (Å²) in [4.78, 5) is 17.7. The fourth-order valence-electron chi connectivity index (χ4n) is 4.64. The van der Waals surface area contributed by atoms with Gasteiger partial charge in [-0.1, -0.05) is 48.0 Å². The van der Waals surface area contributed by atoms with Gasteiger partial charge in [-0.05, 0) is 73.9 Å². The molecule has 0 saturated carbocycles. The Labute approximate surface area is 206 Å². The predicted octanol–water partition coefficient (Wildman–Crippen LogP) is 6.69. The molecule has 0 bridgehead atoms. The van der Waals surface area contributed by atoms with Crippen LogP contribution in [0.4, 0.5) is 5.69 Å². The summed E-state index contributed by atoms with van der Waals surface area (Å²) >= 11 is 0. The van der Waals surface area contributed by atoms with Gasteiger partial charge >= 0.3 is 0 Å². The Morgan fingerprint density at radius 1 is 0.914 bits per heavy atom. The monoisotopic (exact) mass is 466 g/mol. The van der Waals surface area contributed by atoms with Crippen LogP contribution in [0, 0.1) is 6.92 Å². The van der Waals surface area contributed by atoms with Gasteiger partial charge in [0, 0.05) is 31.4 Å². The molecule has 1 aromatic heterocycles. The van der Waals surface area contributed by atoms with Crippen molar-refractivity contribution in [3.8, 4) is 11.5 Å². The fraction of sp³-hybridized carbons (Fsp3) is 0.233. The molecule has 5 heteroatoms. The zero-order valence-corrected chi connectivity index (χ0v) is 20.0. The van der Waals surface area contributed by atoms with Gasteiger partial charge in [0.25, 0.3) is 5.91 Å². The third kappa shape index (κ3) is 5.64. The Morgan fingerprint density at radius 2 is 1.66 bits per heavy atom. The molecule has 0 atom stereocenters. The number of likely N-dealkylation sites (tertiary alicyclic amines) is 1. The highest BCUT2D eigenvalue weighted by molar-refractivity contribution is 6.04. The molecular weight excluding hydrogens is 436 g/mol. The second-order valence-corrected chi connectivity index (χ2v) is 9.06. The molecule has 1 fully saturated rings. The van der Waals surface area contributed by atoms with Crippen molar-refractivity contribution < 1.29 is 13.9 Å². The van der Waals surface area contributed by atoms with Crippen LogP contribution >= 0.6 is 0 Å². The molecule has 1 aliphatic heterocycles. The molecule has 0 aliphatic carbocycles. The Balaban J connectivity index is 1.25. The van der Waals surface area contributed by atoms with Crippen molar-refractivity contribution in [2.45, 2.75) is 32.4 Å². The average molecular weight is 467 g/mol. The van der Waals surface area contributed by atoms with E-state index in [0.29, 0.717) is 5.76 Å². The molecule has 1 aliphatic rings. The minimum Gasteiger partial charge on any atom is -0.459 e. The van der Waals surface area contributed by atoms with Crippen molar-refractivity contribution in [1.29, 1.82) is 0 Å². The first kappa shape index (κ1) is 22.9. The van der Waals surface area contributed by atoms with Gasteiger partial charge in [0.2, 0.25) is 0 Å². The number of benzene rings is 3. The second-order valence-electron chi connectivity index (χ2n) is 9.06. The van der Waals surface area contributed by atoms with Crippen LogP contribution in [0.15, 0.2) is 102 Å². The summed E-state index contributed by atoms with van der Waals surface area (Å²) in [5.74, 6) is 1.98. The Kier molecular flexibility index (Phi) is 6.96. The summed E-state index contributed by atoms with van der Waals surface area (Å²) in [6, 6.07) is 29.9. The standard InChI is InChI=1S/C30H30N2O3/c1-23-12-14-25(15-13-23)32(30(33)29-11-6-20-34-29)26-16-18-31(19-17-26)22-24-7-5-10-28(21-24)35-27-8-3-2-4-9-27/h2-15,20-21,26H,16-19,22H2,1H3. The lowest BCUT2D eigenvalue weighted by Crippen LogP contribution is -2.47. The lowest BCUT2D eigenvalue weighted by molar-refractivity contribution is 0.0931. The molecule has 0 N–H and O–H groups in total. The minimum absolute atomic E-state index is 0.0805. The molecule has 178 valence electrons. The number of amides is 1. The van der Waals surface area contributed by atoms with Crippen LogP contribution in [0.5, 0.6) is 11.5 Å². The number of anilines is 1. The smallest absolute Gasteiger partial charge is 0.294 e. The second kappa shape index (κ2) is 10.6. The number of furan rings is 1. The number of piperidine rings is 1. The lowest BCUT2D eigenvalue weighted by Gasteiger charge is -2.38. The summed E-state index contributed by atoms with van der Waals surface area (Å²) in [5.41, 5.74) is 3.31. The topological polar surface area (TPSA) is 45.9 Å². The first-order valence-electron chi connectivity index (χ1n) is 12.1. The summed E-state index contributed by atoms with van der Waals surface area (Å²) in [7, 11) is 0. The minimum atomic E-state index is -0.0805. The van der Waals surface area contributed by atoms with E-state index in [0.717, 1.165) is 49.7 Å². The molecule has 5 nitrogen and oxygen atoms in total. The van der Waals surface area contributed by atoms with E-state index in [9.17, 15) is 4.79 Å². The van der Waals surface area contributed by atoms with E-state index in [-0.39, 0.29) is 11.9 Å². The summed E-state index contributed by atoms with van der Waals surface area (Å²) in [6.07, 6.45) is 3.36. The van der Waals surface area contributed by atoms with Gasteiger partial charge < -0.3 is 14.1 Å². The third-order valence-electron chi connectivity index (χ3n) is 6.47. The number of ether oxygens (including phenoxy) is 1. The van der Waals surface area contributed by atoms with Gasteiger partial charge in [-0.15, -0.1) is 0 Å². The van der Waals surface area contributed by atoms with Crippen LogP contribution in [0.3, 0.4) is 0 Å². The van der Waals surface area contributed by atoms with Crippen molar-refractivity contribution in [3.05, 3.63) is 114 Å². The zero-order chi connectivity index (χ0) is 24.0. The molecule has 0 spiro atoms. The third-order valence-corrected chi connectivity index (χ3v) is 6.47. The van der Waals surface area contributed by atoms with E-state index < -0.39 is 0 Å². The zero-order valence-electron chi connectivity index (χ0n) is 20.0. The average Bonchev–Trinajstić information content (AvgIpc) is 3.42. The lowest BCUT2D eigenvalue weighted by atomic mass is 10.0. The molecule has 2 heterocycles. The van der Waals surface area contributed by atoms with Crippen molar-refractivity contribution in [1.82, 2.24) is 4.90 Å². The maximum Gasteiger partial charge on any atom is 0.294 e. The van der Waals surface area contributed by atoms with E-state index in [2.05, 4.69) is 36.1 Å². The van der Waals surface area contributed by atoms with Crippen LogP contribution in [0.1, 0.15) is 34.5 Å². The highest BCUT2D eigenvalue weighted by atomic mass is 16.5. The van der Waals surface area contributed by atoms with Gasteiger partial charge in [-0.3, -0.25) is 9.69 Å². The maximum atomic E-state index is 13.4. The van der Waals surface area contributed by atoms with E-state index in [4.69, 9.17) is 9.15 Å². The van der Waals surface area contributed by atoms with Gasteiger partial charge in [-0.2, -0.15) is 0 Å². The van der Waals surface area contributed by atoms with Gasteiger partial charge in [0.05, 0.1) is 6.26 Å². The summed E-state index contributed by atoms with van der Waals surface area (Å²) < 4.78 is 11.5. The van der Waals surface area contributed by atoms with E-state index in [1.165, 1.54) is 11.1 Å². The van der Waals surface area contributed by atoms with E-state index >= 15 is 0 Å². The molecule has 4 aromatic rings. The fourth-order valence-corrected chi connectivity index (χ4v) is 4.64. The van der Waals surface area contributed by atoms with Crippen LogP contribution in [-0.4, -0.2) is 29.9 Å². The molecule has 0 radical (unpaired) electrons. The maximum absolute atomic E-state index is 13.4. The number of aryl methyl sites for hydroxylation is 1. The SMILES string of the molecule is Cc1ccc(N(C(=O)c2ccco2)C2CCN(Cc3cccc(Oc4ccccc4)c3)CC2)cc1. The van der Waals surface area contributed by atoms with Crippen LogP contribution in [-0.2, 0) is 6.54 Å². The molecular formula is C30H30N2O3. The molecule has 0 unspecified atom stereocenters. The van der Waals surface area contributed by atoms with Gasteiger partial charge in [-0.25, -0.2) is 0 Å². The number of hydrogen-bond donors (Lipinski definition) is 0. The first-order valence-corrected chi connectivity index (χ1v) is 12.1. The predicted molar refractivity (Wildman–Crippen MR) is 138 cm³/mol. The number of carbonyl (C=O) groups excluding carboxylic acids is 1. The molecule has 35 heavy (non-hydrogen) atoms. The Hall–Kier alpha value is -3.83. The number of carbonyl (C=O) groups is 1. The number of rotatable bonds is 7. The number of hydrogen-bond acceptors (Lipinski definition) is 4. The molecule has 1 amide bonds. The van der Waals surface area contributed by atoms with Crippen molar-refractivity contribution >= 4 is 11.6 Å². The molecule has 3 aromatic carbocycles. The van der Waals surface area contributed by atoms with Crippen LogP contribution in [0.2, 0.25) is 0 Å². The van der Waals surface area contributed by atoms with Crippen molar-refractivity contribution in [2.75, 3.05) is 18.0 Å². The molecule has 1 saturated heterocycles. The highest BCUT2D eigenvalue weighted by Gasteiger charge is 2.31. The summed E-state index contributed by atoms with van der Waals surface area (Å²) in [6.45, 7) is 4.75. The number of nitrogens with zero attached hydrogens (tertiary/aromatic N) is 2. The summed E-state index contributed by atoms with van der Waals surface area (Å²) in [5, 5.41) is 0. The Bertz CT molecular complexity index is 1230. The number of para-hydroxylation sites is 1. The van der Waals surface area contributed by atoms with E-state index in [1.807, 2.05) is 59.5 Å². The largest absolute Gasteiger partial charge is 0.459 e. The van der Waals surface area contributed by atoms with Gasteiger partial charge in [0.15, 0.2) is 5.76 Å². The first-order chi connectivity index (χ1) is 17.2. The quantitative estimate of drug-likeness (QED) is 0.304. The molecule has 5 rings (SSSR count).